The second-order valence-corrected chi connectivity index (χ2v) is 6.62. The highest BCUT2D eigenvalue weighted by Gasteiger charge is 2.12. The van der Waals surface area contributed by atoms with Crippen LogP contribution in [-0.4, -0.2) is 31.5 Å². The number of hydrogen-bond acceptors (Lipinski definition) is 5. The molecule has 0 unspecified atom stereocenters. The van der Waals surface area contributed by atoms with Gasteiger partial charge in [-0.05, 0) is 49.0 Å². The van der Waals surface area contributed by atoms with Crippen molar-refractivity contribution in [1.29, 1.82) is 0 Å². The topological polar surface area (TPSA) is 71.8 Å². The van der Waals surface area contributed by atoms with Crippen molar-refractivity contribution in [3.05, 3.63) is 69.5 Å². The maximum Gasteiger partial charge on any atom is 0.336 e. The lowest BCUT2D eigenvalue weighted by atomic mass is 10.1. The largest absolute Gasteiger partial charge is 0.497 e. The molecular weight excluding hydrogens is 368 g/mol. The fourth-order valence-electron chi connectivity index (χ4n) is 2.79. The monoisotopic (exact) mass is 386 g/mol. The molecule has 3 aromatic rings. The van der Waals surface area contributed by atoms with Gasteiger partial charge in [0.1, 0.15) is 11.3 Å². The summed E-state index contributed by atoms with van der Waals surface area (Å²) >= 11 is 5.84. The van der Waals surface area contributed by atoms with Gasteiger partial charge in [-0.25, -0.2) is 4.79 Å². The van der Waals surface area contributed by atoms with E-state index in [2.05, 4.69) is 5.32 Å². The summed E-state index contributed by atoms with van der Waals surface area (Å²) in [6.45, 7) is 0.586. The maximum atomic E-state index is 12.2. The van der Waals surface area contributed by atoms with Crippen molar-refractivity contribution >= 4 is 34.2 Å². The smallest absolute Gasteiger partial charge is 0.336 e. The van der Waals surface area contributed by atoms with E-state index in [4.69, 9.17) is 20.8 Å². The number of carbonyl (C=O) groups excluding carboxylic acids is 1. The number of ether oxygens (including phenoxy) is 1. The van der Waals surface area contributed by atoms with E-state index in [-0.39, 0.29) is 12.5 Å². The van der Waals surface area contributed by atoms with E-state index in [0.717, 1.165) is 10.9 Å². The van der Waals surface area contributed by atoms with Crippen LogP contribution < -0.4 is 15.7 Å². The van der Waals surface area contributed by atoms with Crippen LogP contribution in [0.4, 0.5) is 5.69 Å². The third kappa shape index (κ3) is 4.87. The molecule has 1 aromatic heterocycles. The summed E-state index contributed by atoms with van der Waals surface area (Å²) in [6, 6.07) is 13.7. The van der Waals surface area contributed by atoms with Gasteiger partial charge in [0.05, 0.1) is 13.7 Å². The summed E-state index contributed by atoms with van der Waals surface area (Å²) in [4.78, 5) is 25.9. The Morgan fingerprint density at radius 2 is 1.93 bits per heavy atom. The molecule has 0 saturated carbocycles. The number of amides is 1. The first-order valence-corrected chi connectivity index (χ1v) is 8.67. The summed E-state index contributed by atoms with van der Waals surface area (Å²) in [5.41, 5.74) is 1.47. The van der Waals surface area contributed by atoms with Gasteiger partial charge in [-0.2, -0.15) is 0 Å². The van der Waals surface area contributed by atoms with E-state index in [1.807, 2.05) is 18.0 Å². The minimum absolute atomic E-state index is 0.159. The molecule has 2 aromatic carbocycles. The molecule has 0 aliphatic heterocycles. The molecule has 0 spiro atoms. The number of benzene rings is 2. The van der Waals surface area contributed by atoms with Gasteiger partial charge in [-0.15, -0.1) is 0 Å². The average Bonchev–Trinajstić information content (AvgIpc) is 2.62. The molecule has 3 rings (SSSR count). The van der Waals surface area contributed by atoms with Gasteiger partial charge < -0.3 is 14.5 Å². The Kier molecular flexibility index (Phi) is 5.78. The number of halogens is 1. The second-order valence-electron chi connectivity index (χ2n) is 6.18. The van der Waals surface area contributed by atoms with Gasteiger partial charge in [-0.3, -0.25) is 9.69 Å². The molecular formula is C20H19ClN2O4. The first kappa shape index (κ1) is 18.9. The van der Waals surface area contributed by atoms with Crippen LogP contribution in [0, 0.1) is 0 Å². The van der Waals surface area contributed by atoms with Crippen LogP contribution >= 0.6 is 11.6 Å². The zero-order valence-electron chi connectivity index (χ0n) is 15.0. The number of fused-ring (bicyclic) bond motifs is 1. The van der Waals surface area contributed by atoms with E-state index >= 15 is 0 Å². The van der Waals surface area contributed by atoms with Crippen LogP contribution in [0.3, 0.4) is 0 Å². The van der Waals surface area contributed by atoms with Crippen molar-refractivity contribution in [2.24, 2.45) is 0 Å². The first-order chi connectivity index (χ1) is 12.9. The van der Waals surface area contributed by atoms with Gasteiger partial charge in [-0.1, -0.05) is 11.6 Å². The van der Waals surface area contributed by atoms with Crippen molar-refractivity contribution < 1.29 is 13.9 Å². The van der Waals surface area contributed by atoms with Crippen molar-refractivity contribution in [2.75, 3.05) is 26.0 Å². The molecule has 0 radical (unpaired) electrons. The zero-order chi connectivity index (χ0) is 19.4. The molecule has 0 bridgehead atoms. The average molecular weight is 387 g/mol. The quantitative estimate of drug-likeness (QED) is 0.656. The van der Waals surface area contributed by atoms with Crippen LogP contribution in [0.15, 0.2) is 57.7 Å². The molecule has 0 aliphatic rings. The molecule has 7 heteroatoms. The van der Waals surface area contributed by atoms with Crippen molar-refractivity contribution in [2.45, 2.75) is 6.54 Å². The molecule has 0 atom stereocenters. The lowest BCUT2D eigenvalue weighted by molar-refractivity contribution is -0.117. The van der Waals surface area contributed by atoms with Gasteiger partial charge in [0.2, 0.25) is 5.91 Å². The van der Waals surface area contributed by atoms with E-state index in [0.29, 0.717) is 28.6 Å². The number of likely N-dealkylation sites (N-methyl/N-ethyl adjacent to an activating group) is 1. The lowest BCUT2D eigenvalue weighted by Crippen LogP contribution is -2.30. The van der Waals surface area contributed by atoms with Gasteiger partial charge in [0, 0.05) is 34.8 Å². The number of carbonyl (C=O) groups is 1. The van der Waals surface area contributed by atoms with Crippen LogP contribution in [0.1, 0.15) is 5.56 Å². The third-order valence-corrected chi connectivity index (χ3v) is 4.27. The summed E-state index contributed by atoms with van der Waals surface area (Å²) in [6.07, 6.45) is 0. The molecule has 1 amide bonds. The molecule has 1 heterocycles. The summed E-state index contributed by atoms with van der Waals surface area (Å²) in [5, 5.41) is 4.23. The highest BCUT2D eigenvalue weighted by molar-refractivity contribution is 6.30. The molecule has 27 heavy (non-hydrogen) atoms. The fourth-order valence-corrected chi connectivity index (χ4v) is 2.92. The Labute approximate surface area is 161 Å². The lowest BCUT2D eigenvalue weighted by Gasteiger charge is -2.17. The van der Waals surface area contributed by atoms with Crippen molar-refractivity contribution in [1.82, 2.24) is 4.90 Å². The van der Waals surface area contributed by atoms with Crippen LogP contribution in [0.25, 0.3) is 11.0 Å². The number of nitrogens with one attached hydrogen (secondary N) is 1. The standard InChI is InChI=1S/C20H19ClN2O4/c1-23(12-19(24)22-15-5-3-14(21)4-6-15)11-13-9-20(25)27-18-10-16(26-2)7-8-17(13)18/h3-10H,11-12H2,1-2H3,(H,22,24). The predicted octanol–water partition coefficient (Wildman–Crippen LogP) is 3.53. The van der Waals surface area contributed by atoms with Crippen LogP contribution in [-0.2, 0) is 11.3 Å². The Hall–Kier alpha value is -2.83. The summed E-state index contributed by atoms with van der Waals surface area (Å²) in [7, 11) is 3.36. The number of methoxy groups -OCH3 is 1. The molecule has 0 fully saturated rings. The van der Waals surface area contributed by atoms with E-state index in [1.54, 1.807) is 43.5 Å². The normalized spacial score (nSPS) is 11.0. The number of rotatable bonds is 6. The molecule has 0 aliphatic carbocycles. The number of anilines is 1. The Bertz CT molecular complexity index is 1010. The molecule has 0 saturated heterocycles. The fraction of sp³-hybridized carbons (Fsp3) is 0.200. The number of hydrogen-bond donors (Lipinski definition) is 1. The number of nitrogens with zero attached hydrogens (tertiary/aromatic N) is 1. The summed E-state index contributed by atoms with van der Waals surface area (Å²) < 4.78 is 10.4. The van der Waals surface area contributed by atoms with Crippen molar-refractivity contribution in [3.8, 4) is 5.75 Å². The van der Waals surface area contributed by atoms with Crippen molar-refractivity contribution in [3.63, 3.8) is 0 Å². The molecule has 1 N–H and O–H groups in total. The second kappa shape index (κ2) is 8.24. The van der Waals surface area contributed by atoms with E-state index in [9.17, 15) is 9.59 Å². The van der Waals surface area contributed by atoms with Gasteiger partial charge >= 0.3 is 5.63 Å². The maximum absolute atomic E-state index is 12.2. The third-order valence-electron chi connectivity index (χ3n) is 4.02. The molecule has 6 nitrogen and oxygen atoms in total. The molecule has 140 valence electrons. The Morgan fingerprint density at radius 1 is 1.19 bits per heavy atom. The van der Waals surface area contributed by atoms with Gasteiger partial charge in [0.15, 0.2) is 0 Å². The highest BCUT2D eigenvalue weighted by atomic mass is 35.5. The van der Waals surface area contributed by atoms with Gasteiger partial charge in [0.25, 0.3) is 0 Å². The zero-order valence-corrected chi connectivity index (χ0v) is 15.7. The van der Waals surface area contributed by atoms with E-state index < -0.39 is 5.63 Å². The predicted molar refractivity (Wildman–Crippen MR) is 105 cm³/mol. The Balaban J connectivity index is 1.71. The summed E-state index contributed by atoms with van der Waals surface area (Å²) in [5.74, 6) is 0.451. The van der Waals surface area contributed by atoms with E-state index in [1.165, 1.54) is 6.07 Å². The first-order valence-electron chi connectivity index (χ1n) is 8.29. The Morgan fingerprint density at radius 3 is 2.63 bits per heavy atom. The van der Waals surface area contributed by atoms with Crippen LogP contribution in [0.2, 0.25) is 5.02 Å². The minimum atomic E-state index is -0.440. The SMILES string of the molecule is COc1ccc2c(CN(C)CC(=O)Nc3ccc(Cl)cc3)cc(=O)oc2c1. The van der Waals surface area contributed by atoms with Crippen LogP contribution in [0.5, 0.6) is 5.75 Å². The highest BCUT2D eigenvalue weighted by Crippen LogP contribution is 2.23. The minimum Gasteiger partial charge on any atom is -0.497 e.